The normalized spacial score (nSPS) is 18.5. The third-order valence-electron chi connectivity index (χ3n) is 25.0. The number of H-pyrrole nitrogens is 2. The number of aliphatic imine (C=N–C) groups is 1. The number of hydrogen-bond donors (Lipinski definition) is 24. The van der Waals surface area contributed by atoms with Crippen LogP contribution in [0, 0.1) is 5.41 Å². The van der Waals surface area contributed by atoms with Crippen LogP contribution in [0.25, 0.3) is 10.9 Å². The van der Waals surface area contributed by atoms with Crippen molar-refractivity contribution in [3.8, 4) is 0 Å². The molecule has 7 rings (SSSR count). The number of fused-ring (bicyclic) bond motifs is 2. The van der Waals surface area contributed by atoms with Crippen LogP contribution in [0.4, 0.5) is 0 Å². The number of Topliss-reactive ketones (excluding diaryl/α,β-unsaturated/α-hetero) is 1. The van der Waals surface area contributed by atoms with Gasteiger partial charge in [-0.25, -0.2) is 5.10 Å². The molecule has 2 aromatic carbocycles. The number of ether oxygens (including phenoxy) is 2. The maximum absolute atomic E-state index is 15.6. The van der Waals surface area contributed by atoms with E-state index in [0.29, 0.717) is 39.8 Å². The van der Waals surface area contributed by atoms with Crippen molar-refractivity contribution >= 4 is 135 Å². The molecule has 820 valence electrons. The van der Waals surface area contributed by atoms with Gasteiger partial charge in [-0.3, -0.25) is 106 Å². The number of aliphatic hydroxyl groups is 2. The van der Waals surface area contributed by atoms with E-state index in [0.717, 1.165) is 49.2 Å². The van der Waals surface area contributed by atoms with Crippen LogP contribution in [0.15, 0.2) is 77.6 Å². The van der Waals surface area contributed by atoms with Crippen LogP contribution in [-0.4, -0.2) is 338 Å². The summed E-state index contributed by atoms with van der Waals surface area (Å²) in [6.45, 7) is -4.67. The molecule has 0 spiro atoms. The lowest BCUT2D eigenvalue weighted by molar-refractivity contribution is -0.143. The SMILES string of the molecule is CCCC[C@H](NC(=O)[C@H](CNC(=O)CN(CC(=O)O)CC(=O)O)NC(=O)[C@H](CC1=CCC=N1)NC(=O)[C@H](CCC(N)=O)NC(=O)[C@H](CO)NC(=O)CNC(=O)COCCOCCNC(=O)CCCCCCCCCCCCCCCc1nnn[nH]1)C(=O)N[C@H]1CCC(=O)CCCCC[C@@H](C(N)=O)NC(=O)[C@H](Cc2c[nH]c3ccccc23)NC(=O)[C@H](CCCNC(=N)N)NC(=O)[C@@H](Cc2ccccc2)NC(=O)[C@@H]2C[C@@H](O)CN2C1=O. The van der Waals surface area contributed by atoms with Crippen LogP contribution in [0.2, 0.25) is 0 Å². The zero-order valence-corrected chi connectivity index (χ0v) is 84.4. The first-order valence-corrected chi connectivity index (χ1v) is 51.0. The number of carboxylic acids is 2. The topological polar surface area (TPSA) is 783 Å². The number of carbonyl (C=O) groups is 19. The number of amides is 16. The number of tetrazole rings is 1. The molecular formula is C98H148N26O25. The highest BCUT2D eigenvalue weighted by atomic mass is 16.5. The van der Waals surface area contributed by atoms with E-state index in [4.69, 9.17) is 32.1 Å². The molecule has 2 saturated heterocycles. The lowest BCUT2D eigenvalue weighted by Crippen LogP contribution is -2.62. The summed E-state index contributed by atoms with van der Waals surface area (Å²) in [5, 5.41) is 99.1. The minimum Gasteiger partial charge on any atom is -0.480 e. The number of guanidine groups is 1. The first kappa shape index (κ1) is 122. The number of benzene rings is 2. The van der Waals surface area contributed by atoms with Gasteiger partial charge in [-0.15, -0.1) is 5.10 Å². The highest BCUT2D eigenvalue weighted by molar-refractivity contribution is 6.01. The summed E-state index contributed by atoms with van der Waals surface area (Å²) >= 11 is 0. The number of unbranched alkanes of at least 4 members (excludes halogenated alkanes) is 13. The Labute approximate surface area is 862 Å². The van der Waals surface area contributed by atoms with Crippen molar-refractivity contribution in [1.29, 1.82) is 5.41 Å². The Morgan fingerprint density at radius 2 is 1.19 bits per heavy atom. The van der Waals surface area contributed by atoms with Crippen molar-refractivity contribution in [2.24, 2.45) is 22.2 Å². The van der Waals surface area contributed by atoms with E-state index in [1.165, 1.54) is 57.6 Å². The van der Waals surface area contributed by atoms with Crippen molar-refractivity contribution in [2.45, 2.75) is 298 Å². The smallest absolute Gasteiger partial charge is 0.317 e. The van der Waals surface area contributed by atoms with Gasteiger partial charge in [0.15, 0.2) is 5.96 Å². The third-order valence-corrected chi connectivity index (χ3v) is 25.0. The summed E-state index contributed by atoms with van der Waals surface area (Å²) in [6, 6.07) is -3.16. The van der Waals surface area contributed by atoms with Gasteiger partial charge in [-0.1, -0.05) is 158 Å². The Kier molecular flexibility index (Phi) is 55.1. The molecule has 2 fully saturated rings. The second-order valence-electron chi connectivity index (χ2n) is 37.1. The number of allylic oxidation sites excluding steroid dienone is 1. The summed E-state index contributed by atoms with van der Waals surface area (Å²) in [7, 11) is 0. The Morgan fingerprint density at radius 1 is 0.577 bits per heavy atom. The van der Waals surface area contributed by atoms with Crippen LogP contribution < -0.4 is 91.6 Å². The Bertz CT molecular complexity index is 5110. The molecule has 3 aliphatic heterocycles. The number of nitrogens with zero attached hydrogens (tertiary/aromatic N) is 6. The predicted molar refractivity (Wildman–Crippen MR) is 539 cm³/mol. The molecule has 0 saturated carbocycles. The molecule has 3 aliphatic rings. The average molecular weight is 2090 g/mol. The third kappa shape index (κ3) is 47.2. The zero-order chi connectivity index (χ0) is 108. The van der Waals surface area contributed by atoms with E-state index in [2.05, 4.69) is 105 Å². The zero-order valence-electron chi connectivity index (χ0n) is 84.4. The second kappa shape index (κ2) is 67.5. The fraction of sp³-hybridized carbons (Fsp3) is 0.612. The first-order valence-electron chi connectivity index (χ1n) is 51.0. The van der Waals surface area contributed by atoms with Gasteiger partial charge in [0.05, 0.1) is 58.7 Å². The first-order chi connectivity index (χ1) is 71.6. The fourth-order valence-corrected chi connectivity index (χ4v) is 17.0. The second-order valence-corrected chi connectivity index (χ2v) is 37.1. The number of nitrogens with two attached hydrogens (primary N) is 3. The summed E-state index contributed by atoms with van der Waals surface area (Å²) < 4.78 is 10.9. The van der Waals surface area contributed by atoms with Gasteiger partial charge in [0.25, 0.3) is 0 Å². The number of aromatic amines is 2. The number of primary amides is 2. The maximum Gasteiger partial charge on any atom is 0.317 e. The van der Waals surface area contributed by atoms with Crippen molar-refractivity contribution in [3.63, 3.8) is 0 Å². The Morgan fingerprint density at radius 3 is 1.85 bits per heavy atom. The molecule has 2 aromatic heterocycles. The van der Waals surface area contributed by atoms with Gasteiger partial charge < -0.3 is 131 Å². The monoisotopic (exact) mass is 2090 g/mol. The number of aryl methyl sites for hydroxylation is 1. The van der Waals surface area contributed by atoms with E-state index in [1.54, 1.807) is 73.8 Å². The Hall–Kier alpha value is -14.3. The molecule has 16 amide bonds. The largest absolute Gasteiger partial charge is 0.480 e. The number of nitrogens with one attached hydrogen (secondary N) is 17. The molecule has 149 heavy (non-hydrogen) atoms. The minimum atomic E-state index is -2.06. The maximum atomic E-state index is 15.6. The number of ketones is 1. The van der Waals surface area contributed by atoms with E-state index in [9.17, 15) is 82.8 Å². The van der Waals surface area contributed by atoms with Gasteiger partial charge in [0.1, 0.15) is 84.7 Å². The van der Waals surface area contributed by atoms with Crippen LogP contribution in [0.1, 0.15) is 223 Å². The van der Waals surface area contributed by atoms with Crippen LogP contribution in [-0.2, 0) is 120 Å². The highest BCUT2D eigenvalue weighted by Gasteiger charge is 2.45. The Balaban J connectivity index is 1.03. The molecule has 0 unspecified atom stereocenters. The molecule has 12 atom stereocenters. The molecule has 5 heterocycles. The van der Waals surface area contributed by atoms with Crippen molar-refractivity contribution in [2.75, 3.05) is 85.4 Å². The molecule has 0 radical (unpaired) electrons. The number of aromatic nitrogens is 5. The number of carboxylic acid groups (broad SMARTS) is 2. The highest BCUT2D eigenvalue weighted by Crippen LogP contribution is 2.25. The van der Waals surface area contributed by atoms with Gasteiger partial charge >= 0.3 is 11.9 Å². The summed E-state index contributed by atoms with van der Waals surface area (Å²) in [6.07, 6.45) is 16.4. The van der Waals surface area contributed by atoms with Crippen LogP contribution in [0.3, 0.4) is 0 Å². The van der Waals surface area contributed by atoms with Gasteiger partial charge in [-0.05, 0) is 85.4 Å². The number of carbonyl (C=O) groups excluding carboxylic acids is 17. The lowest BCUT2D eigenvalue weighted by Gasteiger charge is -2.31. The van der Waals surface area contributed by atoms with Crippen molar-refractivity contribution < 1.29 is 121 Å². The van der Waals surface area contributed by atoms with E-state index < -0.39 is 276 Å². The molecule has 51 nitrogen and oxygen atoms in total. The average Bonchev–Trinajstić information content (AvgIpc) is 1.69. The molecule has 27 N–H and O–H groups in total. The molecular weight excluding hydrogens is 1940 g/mol. The van der Waals surface area contributed by atoms with E-state index in [1.807, 2.05) is 0 Å². The van der Waals surface area contributed by atoms with Crippen LogP contribution >= 0.6 is 0 Å². The van der Waals surface area contributed by atoms with Crippen molar-refractivity contribution in [1.82, 2.24) is 110 Å². The quantitative estimate of drug-likeness (QED) is 0.0120. The predicted octanol–water partition coefficient (Wildman–Crippen LogP) is -2.91. The van der Waals surface area contributed by atoms with Gasteiger partial charge in [0, 0.05) is 119 Å². The van der Waals surface area contributed by atoms with Gasteiger partial charge in [0.2, 0.25) is 94.5 Å². The molecule has 51 heteroatoms. The number of aliphatic hydroxyl groups excluding tert-OH is 2. The molecule has 4 aromatic rings. The number of rotatable bonds is 63. The number of para-hydroxylation sites is 1. The van der Waals surface area contributed by atoms with E-state index >= 15 is 28.8 Å². The standard InChI is InChI=1S/C98H148N26O25/c1-2-3-32-69(88(138)114-72-39-38-64(126)30-19-16-20-34-68(87(100)137)110-92(142)74(49-62-52-106-67-33-24-23-31-66(62)67)115-89(139)70(35-26-43-105-98(101)102)111-91(141)73(48-61-27-17-15-18-28-61)117-96(146)78-51-65(127)55-124(78)97(72)147)112-94(144)76(53-107-83(131)56-123(57-85(133)134)58-86(135)136)118-93(143)75(50-63-29-25-42-103-63)116-90(140)71(40-41-79(99)128)113-95(145)77(59-125)109-82(130)54-108-84(132)60-149-47-46-148-45-44-104-81(129)37-22-14-12-10-8-6-4-5-7-9-11-13-21-36-80-119-121-122-120-80/h15,17-18,23-24,27-29,31,33,42,52,65,68-78,106,125,127H,2-14,16,19-22,25-26,30,32,34-41,43-51,53-60H2,1H3,(H2,99,128)(H2,100,137)(H,104,129)(H,107,131)(H,108,132)(H,109,130)(H,110,142)(H,111,141)(H,112,144)(H,113,145)(H,114,138)(H,115,139)(H,116,140)(H,117,146)(H,118,143)(H,133,134)(H,135,136)(H4,101,102,105)(H,119,120,121,122)/t65-,68+,69+,70+,71+,72+,73-,74+,75+,76+,77+,78+/m1/s1. The molecule has 0 bridgehead atoms. The number of aliphatic carboxylic acids is 2. The summed E-state index contributed by atoms with van der Waals surface area (Å²) in [5.41, 5.74) is 19.0. The number of hydrogen-bond acceptors (Lipinski definition) is 29. The van der Waals surface area contributed by atoms with Crippen molar-refractivity contribution in [3.05, 3.63) is 89.5 Å². The summed E-state index contributed by atoms with van der Waals surface area (Å²) in [5.74, 6) is -18.9. The molecule has 0 aliphatic carbocycles. The lowest BCUT2D eigenvalue weighted by atomic mass is 10.00. The van der Waals surface area contributed by atoms with E-state index in [-0.39, 0.29) is 122 Å². The fourth-order valence-electron chi connectivity index (χ4n) is 17.0. The minimum absolute atomic E-state index is 0.0205. The summed E-state index contributed by atoms with van der Waals surface area (Å²) in [4.78, 5) is 274. The van der Waals surface area contributed by atoms with Gasteiger partial charge in [-0.2, -0.15) is 0 Å². The van der Waals surface area contributed by atoms with Crippen LogP contribution in [0.5, 0.6) is 0 Å².